The molecular weight excluding hydrogens is 282 g/mol. The lowest BCUT2D eigenvalue weighted by atomic mass is 10.1. The molecule has 1 aromatic carbocycles. The van der Waals surface area contributed by atoms with Crippen molar-refractivity contribution in [1.29, 1.82) is 0 Å². The molecule has 1 rings (SSSR count). The van der Waals surface area contributed by atoms with Gasteiger partial charge in [-0.3, -0.25) is 4.79 Å². The second-order valence-electron chi connectivity index (χ2n) is 3.71. The van der Waals surface area contributed by atoms with Crippen molar-refractivity contribution in [3.8, 4) is 0 Å². The molecule has 0 aliphatic rings. The van der Waals surface area contributed by atoms with Crippen molar-refractivity contribution in [2.75, 3.05) is 6.54 Å². The molecule has 1 amide bonds. The molecule has 20 heavy (non-hydrogen) atoms. The second-order valence-corrected chi connectivity index (χ2v) is 3.71. The number of hydrogen-bond donors (Lipinski definition) is 2. The smallest absolute Gasteiger partial charge is 0.405 e. The lowest BCUT2D eigenvalue weighted by Crippen LogP contribution is -2.33. The van der Waals surface area contributed by atoms with E-state index in [2.05, 4.69) is 0 Å². The van der Waals surface area contributed by atoms with Gasteiger partial charge in [0.2, 0.25) is 0 Å². The minimum atomic E-state index is -4.56. The van der Waals surface area contributed by atoms with Crippen molar-refractivity contribution >= 4 is 18.0 Å². The molecule has 0 bridgehead atoms. The van der Waals surface area contributed by atoms with Crippen LogP contribution in [0.15, 0.2) is 24.3 Å². The normalized spacial score (nSPS) is 11.6. The van der Waals surface area contributed by atoms with Gasteiger partial charge in [0.05, 0.1) is 0 Å². The van der Waals surface area contributed by atoms with E-state index in [9.17, 15) is 27.2 Å². The fourth-order valence-corrected chi connectivity index (χ4v) is 1.25. The number of alkyl halides is 3. The van der Waals surface area contributed by atoms with Gasteiger partial charge in [0.15, 0.2) is 0 Å². The lowest BCUT2D eigenvalue weighted by Gasteiger charge is -2.08. The highest BCUT2D eigenvalue weighted by Gasteiger charge is 2.27. The number of rotatable bonds is 4. The number of halogens is 4. The largest absolute Gasteiger partial charge is 0.478 e. The fourth-order valence-electron chi connectivity index (χ4n) is 1.25. The highest BCUT2D eigenvalue weighted by atomic mass is 19.4. The van der Waals surface area contributed by atoms with E-state index in [1.54, 1.807) is 5.32 Å². The Hall–Kier alpha value is -2.38. The lowest BCUT2D eigenvalue weighted by molar-refractivity contribution is -0.131. The minimum Gasteiger partial charge on any atom is -0.478 e. The topological polar surface area (TPSA) is 66.4 Å². The van der Waals surface area contributed by atoms with E-state index in [0.29, 0.717) is 6.08 Å². The summed E-state index contributed by atoms with van der Waals surface area (Å²) in [5.74, 6) is -3.27. The first-order valence-electron chi connectivity index (χ1n) is 5.24. The van der Waals surface area contributed by atoms with E-state index in [4.69, 9.17) is 5.11 Å². The number of carbonyl (C=O) groups is 2. The van der Waals surface area contributed by atoms with Gasteiger partial charge in [-0.05, 0) is 18.2 Å². The zero-order valence-corrected chi connectivity index (χ0v) is 9.87. The average Bonchev–Trinajstić information content (AvgIpc) is 2.33. The first-order chi connectivity index (χ1) is 9.19. The Balaban J connectivity index is 2.81. The van der Waals surface area contributed by atoms with Gasteiger partial charge >= 0.3 is 12.1 Å². The van der Waals surface area contributed by atoms with Crippen molar-refractivity contribution in [2.45, 2.75) is 6.18 Å². The molecule has 2 N–H and O–H groups in total. The summed E-state index contributed by atoms with van der Waals surface area (Å²) >= 11 is 0. The molecule has 0 aliphatic heterocycles. The maximum atomic E-state index is 13.5. The molecule has 4 nitrogen and oxygen atoms in total. The summed E-state index contributed by atoms with van der Waals surface area (Å²) in [4.78, 5) is 21.6. The molecule has 0 fully saturated rings. The molecule has 0 spiro atoms. The molecule has 0 aliphatic carbocycles. The molecule has 108 valence electrons. The maximum Gasteiger partial charge on any atom is 0.405 e. The number of carbonyl (C=O) groups excluding carboxylic acids is 1. The third-order valence-electron chi connectivity index (χ3n) is 2.12. The molecule has 0 saturated carbocycles. The van der Waals surface area contributed by atoms with Crippen molar-refractivity contribution in [1.82, 2.24) is 5.32 Å². The van der Waals surface area contributed by atoms with E-state index in [1.165, 1.54) is 0 Å². The standard InChI is InChI=1S/C12H9F4NO3/c13-9-5-8(11(20)17-6-12(14,15)16)2-1-7(9)3-4-10(18)19/h1-5H,6H2,(H,17,20)(H,18,19). The van der Waals surface area contributed by atoms with Crippen LogP contribution in [0.25, 0.3) is 6.08 Å². The van der Waals surface area contributed by atoms with Crippen LogP contribution in [0.4, 0.5) is 17.6 Å². The molecule has 0 heterocycles. The molecule has 0 radical (unpaired) electrons. The van der Waals surface area contributed by atoms with Gasteiger partial charge in [-0.15, -0.1) is 0 Å². The number of nitrogens with one attached hydrogen (secondary N) is 1. The number of hydrogen-bond acceptors (Lipinski definition) is 2. The van der Waals surface area contributed by atoms with Crippen LogP contribution in [0.5, 0.6) is 0 Å². The molecular formula is C12H9F4NO3. The first kappa shape index (κ1) is 15.7. The predicted molar refractivity (Wildman–Crippen MR) is 61.5 cm³/mol. The minimum absolute atomic E-state index is 0.0974. The molecule has 0 aromatic heterocycles. The first-order valence-corrected chi connectivity index (χ1v) is 5.24. The van der Waals surface area contributed by atoms with Gasteiger partial charge in [-0.25, -0.2) is 9.18 Å². The van der Waals surface area contributed by atoms with E-state index >= 15 is 0 Å². The zero-order chi connectivity index (χ0) is 15.3. The highest BCUT2D eigenvalue weighted by molar-refractivity contribution is 5.94. The summed E-state index contributed by atoms with van der Waals surface area (Å²) < 4.78 is 49.2. The van der Waals surface area contributed by atoms with Gasteiger partial charge in [0, 0.05) is 17.2 Å². The molecule has 0 unspecified atom stereocenters. The Labute approximate surface area is 110 Å². The zero-order valence-electron chi connectivity index (χ0n) is 9.87. The third kappa shape index (κ3) is 5.09. The number of amides is 1. The Morgan fingerprint density at radius 2 is 1.95 bits per heavy atom. The second kappa shape index (κ2) is 6.18. The summed E-state index contributed by atoms with van der Waals surface area (Å²) in [6.45, 7) is -1.52. The summed E-state index contributed by atoms with van der Waals surface area (Å²) in [5, 5.41) is 9.97. The number of carboxylic acids is 1. The monoisotopic (exact) mass is 291 g/mol. The molecule has 1 aromatic rings. The number of carboxylic acid groups (broad SMARTS) is 1. The van der Waals surface area contributed by atoms with Crippen molar-refractivity contribution in [2.24, 2.45) is 0 Å². The van der Waals surface area contributed by atoms with Gasteiger partial charge in [0.25, 0.3) is 5.91 Å². The summed E-state index contributed by atoms with van der Waals surface area (Å²) in [7, 11) is 0. The Bertz CT molecular complexity index is 552. The van der Waals surface area contributed by atoms with Crippen molar-refractivity contribution in [3.05, 3.63) is 41.2 Å². The fraction of sp³-hybridized carbons (Fsp3) is 0.167. The Kier molecular flexibility index (Phi) is 4.84. The van der Waals surface area contributed by atoms with Crippen LogP contribution in [-0.2, 0) is 4.79 Å². The maximum absolute atomic E-state index is 13.5. The van der Waals surface area contributed by atoms with E-state index in [0.717, 1.165) is 24.3 Å². The average molecular weight is 291 g/mol. The van der Waals surface area contributed by atoms with Crippen LogP contribution in [-0.4, -0.2) is 29.7 Å². The molecule has 0 atom stereocenters. The van der Waals surface area contributed by atoms with Crippen LogP contribution in [0.1, 0.15) is 15.9 Å². The number of benzene rings is 1. The van der Waals surface area contributed by atoms with Gasteiger partial charge in [-0.2, -0.15) is 13.2 Å². The van der Waals surface area contributed by atoms with Crippen LogP contribution in [0, 0.1) is 5.82 Å². The quantitative estimate of drug-likeness (QED) is 0.660. The highest BCUT2D eigenvalue weighted by Crippen LogP contribution is 2.14. The van der Waals surface area contributed by atoms with Gasteiger partial charge < -0.3 is 10.4 Å². The van der Waals surface area contributed by atoms with E-state index in [-0.39, 0.29) is 11.1 Å². The van der Waals surface area contributed by atoms with E-state index in [1.807, 2.05) is 0 Å². The van der Waals surface area contributed by atoms with Crippen molar-refractivity contribution < 1.29 is 32.3 Å². The van der Waals surface area contributed by atoms with Crippen LogP contribution in [0.2, 0.25) is 0 Å². The predicted octanol–water partition coefficient (Wildman–Crippen LogP) is 2.22. The van der Waals surface area contributed by atoms with Crippen LogP contribution >= 0.6 is 0 Å². The number of aliphatic carboxylic acids is 1. The Morgan fingerprint density at radius 1 is 1.30 bits per heavy atom. The summed E-state index contributed by atoms with van der Waals surface area (Å²) in [6, 6.07) is 2.92. The third-order valence-corrected chi connectivity index (χ3v) is 2.12. The summed E-state index contributed by atoms with van der Waals surface area (Å²) in [6.07, 6.45) is -2.89. The van der Waals surface area contributed by atoms with Crippen molar-refractivity contribution in [3.63, 3.8) is 0 Å². The summed E-state index contributed by atoms with van der Waals surface area (Å²) in [5.41, 5.74) is -0.390. The van der Waals surface area contributed by atoms with E-state index < -0.39 is 30.4 Å². The molecule has 0 saturated heterocycles. The van der Waals surface area contributed by atoms with Crippen LogP contribution < -0.4 is 5.32 Å². The Morgan fingerprint density at radius 3 is 2.45 bits per heavy atom. The van der Waals surface area contributed by atoms with Gasteiger partial charge in [0.1, 0.15) is 12.4 Å². The molecule has 8 heteroatoms. The van der Waals surface area contributed by atoms with Crippen LogP contribution in [0.3, 0.4) is 0 Å². The SMILES string of the molecule is O=C(O)C=Cc1ccc(C(=O)NCC(F)(F)F)cc1F. The van der Waals surface area contributed by atoms with Gasteiger partial charge in [-0.1, -0.05) is 6.07 Å².